The van der Waals surface area contributed by atoms with Crippen molar-refractivity contribution in [3.63, 3.8) is 0 Å². The van der Waals surface area contributed by atoms with Crippen LogP contribution in [0, 0.1) is 11.8 Å². The van der Waals surface area contributed by atoms with Crippen LogP contribution in [0.1, 0.15) is 12.0 Å². The van der Waals surface area contributed by atoms with Gasteiger partial charge in [-0.15, -0.1) is 0 Å². The molecule has 5 heteroatoms. The van der Waals surface area contributed by atoms with Gasteiger partial charge in [-0.3, -0.25) is 14.6 Å². The normalized spacial score (nSPS) is 21.9. The fourth-order valence-corrected chi connectivity index (χ4v) is 1.77. The molecule has 1 aliphatic rings. The number of amides is 1. The number of nitrogens with one attached hydrogen (secondary N) is 1. The second-order valence-corrected chi connectivity index (χ2v) is 4.18. The van der Waals surface area contributed by atoms with Gasteiger partial charge >= 0.3 is 5.97 Å². The second kappa shape index (κ2) is 4.95. The Morgan fingerprint density at radius 3 is 2.65 bits per heavy atom. The van der Waals surface area contributed by atoms with E-state index in [9.17, 15) is 9.59 Å². The van der Waals surface area contributed by atoms with Crippen molar-refractivity contribution in [2.45, 2.75) is 12.8 Å². The molecule has 2 N–H and O–H groups in total. The molecule has 1 fully saturated rings. The van der Waals surface area contributed by atoms with Crippen LogP contribution in [-0.2, 0) is 16.0 Å². The first-order chi connectivity index (χ1) is 8.18. The minimum atomic E-state index is -0.876. The summed E-state index contributed by atoms with van der Waals surface area (Å²) in [5, 5.41) is 11.4. The number of aliphatic carboxylic acids is 1. The average molecular weight is 234 g/mol. The molecule has 1 amide bonds. The summed E-state index contributed by atoms with van der Waals surface area (Å²) >= 11 is 0. The van der Waals surface area contributed by atoms with E-state index < -0.39 is 11.9 Å². The molecule has 17 heavy (non-hydrogen) atoms. The lowest BCUT2D eigenvalue weighted by Gasteiger charge is -2.04. The molecule has 0 bridgehead atoms. The van der Waals surface area contributed by atoms with Gasteiger partial charge in [-0.05, 0) is 30.5 Å². The van der Waals surface area contributed by atoms with Gasteiger partial charge in [0.15, 0.2) is 0 Å². The van der Waals surface area contributed by atoms with E-state index in [2.05, 4.69) is 10.3 Å². The van der Waals surface area contributed by atoms with Crippen molar-refractivity contribution in [3.05, 3.63) is 30.1 Å². The summed E-state index contributed by atoms with van der Waals surface area (Å²) in [5.74, 6) is -1.83. The topological polar surface area (TPSA) is 79.3 Å². The fourth-order valence-electron chi connectivity index (χ4n) is 1.77. The molecule has 1 aliphatic carbocycles. The smallest absolute Gasteiger partial charge is 0.307 e. The van der Waals surface area contributed by atoms with E-state index in [0.29, 0.717) is 13.0 Å². The van der Waals surface area contributed by atoms with Crippen LogP contribution in [0.5, 0.6) is 0 Å². The first-order valence-electron chi connectivity index (χ1n) is 5.58. The van der Waals surface area contributed by atoms with Crippen molar-refractivity contribution in [2.75, 3.05) is 6.54 Å². The Morgan fingerprint density at radius 2 is 2.06 bits per heavy atom. The highest BCUT2D eigenvalue weighted by atomic mass is 16.4. The summed E-state index contributed by atoms with van der Waals surface area (Å²) in [5.41, 5.74) is 1.10. The number of rotatable bonds is 5. The molecule has 1 saturated carbocycles. The summed E-state index contributed by atoms with van der Waals surface area (Å²) in [6.45, 7) is 0.533. The molecule has 0 aromatic carbocycles. The second-order valence-electron chi connectivity index (χ2n) is 4.18. The minimum Gasteiger partial charge on any atom is -0.481 e. The van der Waals surface area contributed by atoms with Crippen molar-refractivity contribution in [2.24, 2.45) is 11.8 Å². The minimum absolute atomic E-state index is 0.147. The maximum atomic E-state index is 11.5. The van der Waals surface area contributed by atoms with Crippen LogP contribution in [0.25, 0.3) is 0 Å². The van der Waals surface area contributed by atoms with Gasteiger partial charge in [0.25, 0.3) is 0 Å². The lowest BCUT2D eigenvalue weighted by Crippen LogP contribution is -2.28. The van der Waals surface area contributed by atoms with Gasteiger partial charge in [0.05, 0.1) is 11.8 Å². The molecule has 0 spiro atoms. The molecule has 0 saturated heterocycles. The third-order valence-corrected chi connectivity index (χ3v) is 2.91. The predicted molar refractivity (Wildman–Crippen MR) is 60.2 cm³/mol. The zero-order chi connectivity index (χ0) is 12.3. The van der Waals surface area contributed by atoms with E-state index in [-0.39, 0.29) is 11.8 Å². The van der Waals surface area contributed by atoms with E-state index in [1.54, 1.807) is 12.4 Å². The highest BCUT2D eigenvalue weighted by Crippen LogP contribution is 2.38. The van der Waals surface area contributed by atoms with E-state index in [1.807, 2.05) is 12.1 Å². The largest absolute Gasteiger partial charge is 0.481 e. The third kappa shape index (κ3) is 3.03. The van der Waals surface area contributed by atoms with Gasteiger partial charge in [-0.25, -0.2) is 0 Å². The number of carboxylic acids is 1. The Morgan fingerprint density at radius 1 is 1.35 bits per heavy atom. The molecule has 1 heterocycles. The Bertz CT molecular complexity index is 419. The number of nitrogens with zero attached hydrogens (tertiary/aromatic N) is 1. The first kappa shape index (κ1) is 11.6. The maximum absolute atomic E-state index is 11.5. The Kier molecular flexibility index (Phi) is 3.37. The molecule has 0 aliphatic heterocycles. The molecule has 2 atom stereocenters. The summed E-state index contributed by atoms with van der Waals surface area (Å²) < 4.78 is 0. The summed E-state index contributed by atoms with van der Waals surface area (Å²) in [4.78, 5) is 26.0. The quantitative estimate of drug-likeness (QED) is 0.775. The zero-order valence-electron chi connectivity index (χ0n) is 9.30. The van der Waals surface area contributed by atoms with Crippen LogP contribution in [0.3, 0.4) is 0 Å². The lowest BCUT2D eigenvalue weighted by molar-refractivity contribution is -0.140. The molecule has 2 rings (SSSR count). The Hall–Kier alpha value is -1.91. The molecule has 1 aromatic heterocycles. The number of hydrogen-bond donors (Lipinski definition) is 2. The van der Waals surface area contributed by atoms with Crippen molar-refractivity contribution in [1.82, 2.24) is 10.3 Å². The predicted octanol–water partition coefficient (Wildman–Crippen LogP) is 0.461. The molecular formula is C12H14N2O3. The monoisotopic (exact) mass is 234 g/mol. The van der Waals surface area contributed by atoms with Gasteiger partial charge in [-0.1, -0.05) is 0 Å². The van der Waals surface area contributed by atoms with Gasteiger partial charge in [0.1, 0.15) is 0 Å². The number of pyridine rings is 1. The number of carboxylic acid groups (broad SMARTS) is 1. The van der Waals surface area contributed by atoms with Gasteiger partial charge in [0, 0.05) is 18.9 Å². The van der Waals surface area contributed by atoms with Crippen LogP contribution < -0.4 is 5.32 Å². The summed E-state index contributed by atoms with van der Waals surface area (Å²) in [7, 11) is 0. The zero-order valence-corrected chi connectivity index (χ0v) is 9.30. The first-order valence-corrected chi connectivity index (χ1v) is 5.58. The average Bonchev–Trinajstić information content (AvgIpc) is 3.10. The number of aromatic nitrogens is 1. The maximum Gasteiger partial charge on any atom is 0.307 e. The Balaban J connectivity index is 1.70. The summed E-state index contributed by atoms with van der Waals surface area (Å²) in [6, 6.07) is 3.78. The van der Waals surface area contributed by atoms with E-state index >= 15 is 0 Å². The highest BCUT2D eigenvalue weighted by molar-refractivity contribution is 5.89. The standard InChI is InChI=1S/C12H14N2O3/c15-11(9-7-10(9)12(16)17)14-6-3-8-1-4-13-5-2-8/h1-2,4-5,9-10H,3,6-7H2,(H,14,15)(H,16,17). The number of hydrogen-bond acceptors (Lipinski definition) is 3. The number of carbonyl (C=O) groups excluding carboxylic acids is 1. The van der Waals surface area contributed by atoms with Crippen molar-refractivity contribution < 1.29 is 14.7 Å². The molecular weight excluding hydrogens is 220 g/mol. The van der Waals surface area contributed by atoms with Crippen LogP contribution >= 0.6 is 0 Å². The van der Waals surface area contributed by atoms with Crippen molar-refractivity contribution in [3.8, 4) is 0 Å². The third-order valence-electron chi connectivity index (χ3n) is 2.91. The Labute approximate surface area is 98.9 Å². The van der Waals surface area contributed by atoms with Crippen LogP contribution in [-0.4, -0.2) is 28.5 Å². The molecule has 0 radical (unpaired) electrons. The lowest BCUT2D eigenvalue weighted by atomic mass is 10.2. The molecule has 2 unspecified atom stereocenters. The van der Waals surface area contributed by atoms with E-state index in [0.717, 1.165) is 12.0 Å². The van der Waals surface area contributed by atoms with Crippen LogP contribution in [0.2, 0.25) is 0 Å². The van der Waals surface area contributed by atoms with Crippen molar-refractivity contribution in [1.29, 1.82) is 0 Å². The van der Waals surface area contributed by atoms with Crippen LogP contribution in [0.4, 0.5) is 0 Å². The van der Waals surface area contributed by atoms with Gasteiger partial charge < -0.3 is 10.4 Å². The fraction of sp³-hybridized carbons (Fsp3) is 0.417. The summed E-state index contributed by atoms with van der Waals surface area (Å²) in [6.07, 6.45) is 4.62. The van der Waals surface area contributed by atoms with E-state index in [1.165, 1.54) is 0 Å². The SMILES string of the molecule is O=C(O)C1CC1C(=O)NCCc1ccncc1. The molecule has 1 aromatic rings. The van der Waals surface area contributed by atoms with E-state index in [4.69, 9.17) is 5.11 Å². The molecule has 5 nitrogen and oxygen atoms in total. The molecule has 90 valence electrons. The van der Waals surface area contributed by atoms with Gasteiger partial charge in [-0.2, -0.15) is 0 Å². The van der Waals surface area contributed by atoms with Gasteiger partial charge in [0.2, 0.25) is 5.91 Å². The number of carbonyl (C=O) groups is 2. The highest BCUT2D eigenvalue weighted by Gasteiger charge is 2.48. The van der Waals surface area contributed by atoms with Crippen LogP contribution in [0.15, 0.2) is 24.5 Å². The van der Waals surface area contributed by atoms with Crippen molar-refractivity contribution >= 4 is 11.9 Å².